The Morgan fingerprint density at radius 3 is 2.06 bits per heavy atom. The van der Waals surface area contributed by atoms with Crippen LogP contribution in [0.5, 0.6) is 0 Å². The maximum atomic E-state index is 5.99. The first-order chi connectivity index (χ1) is 8.06. The summed E-state index contributed by atoms with van der Waals surface area (Å²) >= 11 is 0. The molecule has 0 bridgehead atoms. The number of benzene rings is 1. The highest BCUT2D eigenvalue weighted by molar-refractivity contribution is 5.56. The number of anilines is 2. The Labute approximate surface area is 105 Å². The summed E-state index contributed by atoms with van der Waals surface area (Å²) in [7, 11) is 0. The highest BCUT2D eigenvalue weighted by atomic mass is 15.3. The predicted molar refractivity (Wildman–Crippen MR) is 75.7 cm³/mol. The monoisotopic (exact) mass is 236 g/mol. The zero-order valence-corrected chi connectivity index (χ0v) is 11.4. The van der Waals surface area contributed by atoms with Crippen LogP contribution in [-0.4, -0.2) is 30.7 Å². The fraction of sp³-hybridized carbons (Fsp3) is 0.571. The molecule has 3 nitrogen and oxygen atoms in total. The van der Waals surface area contributed by atoms with Gasteiger partial charge in [-0.05, 0) is 38.5 Å². The minimum Gasteiger partial charge on any atom is -0.399 e. The molecule has 3 heteroatoms. The predicted octanol–water partition coefficient (Wildman–Crippen LogP) is 2.27. The zero-order chi connectivity index (χ0) is 12.9. The number of quaternary nitrogens is 1. The normalized spacial score (nSPS) is 11.7. The fourth-order valence-electron chi connectivity index (χ4n) is 2.34. The van der Waals surface area contributed by atoms with E-state index in [1.807, 2.05) is 12.1 Å². The summed E-state index contributed by atoms with van der Waals surface area (Å²) in [6, 6.07) is 5.85. The number of nitrogen functional groups attached to an aromatic ring is 2. The molecule has 0 unspecified atom stereocenters. The first-order valence-corrected chi connectivity index (χ1v) is 6.56. The van der Waals surface area contributed by atoms with Gasteiger partial charge in [0.2, 0.25) is 0 Å². The van der Waals surface area contributed by atoms with Gasteiger partial charge in [0.05, 0.1) is 26.2 Å². The van der Waals surface area contributed by atoms with E-state index in [1.54, 1.807) is 0 Å². The van der Waals surface area contributed by atoms with Crippen molar-refractivity contribution in [1.29, 1.82) is 0 Å². The van der Waals surface area contributed by atoms with Gasteiger partial charge in [0, 0.05) is 17.8 Å². The molecule has 17 heavy (non-hydrogen) atoms. The summed E-state index contributed by atoms with van der Waals surface area (Å²) in [4.78, 5) is 0. The van der Waals surface area contributed by atoms with Crippen molar-refractivity contribution in [3.8, 4) is 0 Å². The average Bonchev–Trinajstić information content (AvgIpc) is 2.33. The van der Waals surface area contributed by atoms with Gasteiger partial charge < -0.3 is 16.0 Å². The lowest BCUT2D eigenvalue weighted by Crippen LogP contribution is -2.48. The van der Waals surface area contributed by atoms with Gasteiger partial charge in [-0.2, -0.15) is 0 Å². The molecule has 0 saturated heterocycles. The summed E-state index contributed by atoms with van der Waals surface area (Å²) in [5.41, 5.74) is 14.5. The molecule has 0 aliphatic heterocycles. The van der Waals surface area contributed by atoms with Crippen molar-refractivity contribution in [2.24, 2.45) is 0 Å². The van der Waals surface area contributed by atoms with E-state index < -0.39 is 0 Å². The molecule has 0 aliphatic rings. The third-order valence-electron chi connectivity index (χ3n) is 4.04. The molecule has 0 spiro atoms. The van der Waals surface area contributed by atoms with E-state index in [9.17, 15) is 0 Å². The van der Waals surface area contributed by atoms with Crippen LogP contribution in [0.2, 0.25) is 0 Å². The summed E-state index contributed by atoms with van der Waals surface area (Å²) in [6.07, 6.45) is 1.03. The lowest BCUT2D eigenvalue weighted by Gasteiger charge is -2.36. The van der Waals surface area contributed by atoms with Crippen molar-refractivity contribution in [1.82, 2.24) is 0 Å². The van der Waals surface area contributed by atoms with Crippen molar-refractivity contribution in [3.05, 3.63) is 23.8 Å². The topological polar surface area (TPSA) is 52.0 Å². The second-order valence-corrected chi connectivity index (χ2v) is 4.72. The highest BCUT2D eigenvalue weighted by Gasteiger charge is 2.20. The number of nitrogens with two attached hydrogens (primary N) is 2. The Hall–Kier alpha value is -1.22. The van der Waals surface area contributed by atoms with Crippen LogP contribution in [0.3, 0.4) is 0 Å². The SMILES string of the molecule is CC[N+](CC)(CC)CCc1ccc(N)cc1N. The molecule has 0 fully saturated rings. The molecule has 1 aromatic carbocycles. The molecule has 1 rings (SSSR count). The second-order valence-electron chi connectivity index (χ2n) is 4.72. The van der Waals surface area contributed by atoms with E-state index in [0.29, 0.717) is 0 Å². The van der Waals surface area contributed by atoms with Crippen molar-refractivity contribution >= 4 is 11.4 Å². The van der Waals surface area contributed by atoms with E-state index in [-0.39, 0.29) is 0 Å². The molecule has 1 aromatic rings. The lowest BCUT2D eigenvalue weighted by atomic mass is 10.1. The van der Waals surface area contributed by atoms with E-state index in [2.05, 4.69) is 26.8 Å². The van der Waals surface area contributed by atoms with Gasteiger partial charge in [0.1, 0.15) is 0 Å². The van der Waals surface area contributed by atoms with Gasteiger partial charge >= 0.3 is 0 Å². The van der Waals surface area contributed by atoms with Crippen molar-refractivity contribution in [2.75, 3.05) is 37.6 Å². The molecule has 0 heterocycles. The quantitative estimate of drug-likeness (QED) is 0.588. The van der Waals surface area contributed by atoms with Gasteiger partial charge in [0.25, 0.3) is 0 Å². The van der Waals surface area contributed by atoms with Crippen LogP contribution in [0.25, 0.3) is 0 Å². The zero-order valence-electron chi connectivity index (χ0n) is 11.4. The molecule has 0 aromatic heterocycles. The maximum Gasteiger partial charge on any atom is 0.0828 e. The maximum absolute atomic E-state index is 5.99. The van der Waals surface area contributed by atoms with Crippen LogP contribution in [0.4, 0.5) is 11.4 Å². The Bertz CT molecular complexity index is 348. The Morgan fingerprint density at radius 1 is 1.00 bits per heavy atom. The van der Waals surface area contributed by atoms with Gasteiger partial charge in [-0.15, -0.1) is 0 Å². The molecule has 0 atom stereocenters. The Balaban J connectivity index is 2.72. The minimum atomic E-state index is 0.744. The molecule has 0 amide bonds. The smallest absolute Gasteiger partial charge is 0.0828 e. The van der Waals surface area contributed by atoms with Gasteiger partial charge in [0.15, 0.2) is 0 Å². The van der Waals surface area contributed by atoms with Gasteiger partial charge in [-0.1, -0.05) is 6.07 Å². The molecule has 96 valence electrons. The molecule has 0 aliphatic carbocycles. The van der Waals surface area contributed by atoms with Crippen LogP contribution in [-0.2, 0) is 6.42 Å². The van der Waals surface area contributed by atoms with Crippen LogP contribution in [0.15, 0.2) is 18.2 Å². The van der Waals surface area contributed by atoms with E-state index >= 15 is 0 Å². The third kappa shape index (κ3) is 3.37. The van der Waals surface area contributed by atoms with Crippen LogP contribution in [0, 0.1) is 0 Å². The standard InChI is InChI=1S/C14H26N3/c1-4-17(5-2,6-3)10-9-12-7-8-13(15)11-14(12)16/h7-8,11H,4-6,9-10,15-16H2,1-3H3/q+1. The molecule has 0 saturated carbocycles. The van der Waals surface area contributed by atoms with Gasteiger partial charge in [-0.3, -0.25) is 0 Å². The van der Waals surface area contributed by atoms with Crippen molar-refractivity contribution < 1.29 is 4.48 Å². The largest absolute Gasteiger partial charge is 0.399 e. The fourth-order valence-corrected chi connectivity index (χ4v) is 2.34. The first-order valence-electron chi connectivity index (χ1n) is 6.56. The molecule has 4 N–H and O–H groups in total. The summed E-state index contributed by atoms with van der Waals surface area (Å²) in [5, 5.41) is 0. The lowest BCUT2D eigenvalue weighted by molar-refractivity contribution is -0.923. The molecule has 0 radical (unpaired) electrons. The second kappa shape index (κ2) is 5.92. The van der Waals surface area contributed by atoms with Crippen LogP contribution >= 0.6 is 0 Å². The highest BCUT2D eigenvalue weighted by Crippen LogP contribution is 2.18. The summed E-state index contributed by atoms with van der Waals surface area (Å²) in [5.74, 6) is 0. The third-order valence-corrected chi connectivity index (χ3v) is 4.04. The Morgan fingerprint density at radius 2 is 1.59 bits per heavy atom. The summed E-state index contributed by atoms with van der Waals surface area (Å²) in [6.45, 7) is 11.5. The van der Waals surface area contributed by atoms with E-state index in [4.69, 9.17) is 11.5 Å². The number of rotatable bonds is 6. The van der Waals surface area contributed by atoms with E-state index in [1.165, 1.54) is 25.2 Å². The summed E-state index contributed by atoms with van der Waals surface area (Å²) < 4.78 is 1.16. The Kier molecular flexibility index (Phi) is 4.82. The minimum absolute atomic E-state index is 0.744. The number of hydrogen-bond acceptors (Lipinski definition) is 2. The molecular weight excluding hydrogens is 210 g/mol. The van der Waals surface area contributed by atoms with Crippen LogP contribution in [0.1, 0.15) is 26.3 Å². The average molecular weight is 236 g/mol. The number of hydrogen-bond donors (Lipinski definition) is 2. The van der Waals surface area contributed by atoms with E-state index in [0.717, 1.165) is 28.8 Å². The van der Waals surface area contributed by atoms with Crippen molar-refractivity contribution in [3.63, 3.8) is 0 Å². The number of likely N-dealkylation sites (N-methyl/N-ethyl adjacent to an activating group) is 1. The first kappa shape index (κ1) is 13.8. The number of nitrogens with zero attached hydrogens (tertiary/aromatic N) is 1. The molecular formula is C14H26N3+. The van der Waals surface area contributed by atoms with Crippen molar-refractivity contribution in [2.45, 2.75) is 27.2 Å². The van der Waals surface area contributed by atoms with Gasteiger partial charge in [-0.25, -0.2) is 0 Å². The van der Waals surface area contributed by atoms with Crippen LogP contribution < -0.4 is 11.5 Å².